The molecule has 4 heterocycles. The number of rotatable bonds is 6. The predicted octanol–water partition coefficient (Wildman–Crippen LogP) is 3.03. The number of cyclic esters (lactones) is 1. The molecule has 6 rings (SSSR count). The molecule has 0 radical (unpaired) electrons. The van der Waals surface area contributed by atoms with Crippen LogP contribution in [-0.4, -0.2) is 48.6 Å². The molecule has 178 valence electrons. The van der Waals surface area contributed by atoms with Crippen molar-refractivity contribution < 1.29 is 27.6 Å². The maximum absolute atomic E-state index is 15.2. The molecule has 3 aliphatic rings. The van der Waals surface area contributed by atoms with Crippen molar-refractivity contribution in [1.82, 2.24) is 15.5 Å². The summed E-state index contributed by atoms with van der Waals surface area (Å²) >= 11 is 0. The lowest BCUT2D eigenvalue weighted by atomic mass is 9.96. The van der Waals surface area contributed by atoms with E-state index in [9.17, 15) is 10.1 Å². The van der Waals surface area contributed by atoms with E-state index in [4.69, 9.17) is 9.47 Å². The Hall–Kier alpha value is -4.04. The zero-order valence-electron chi connectivity index (χ0n) is 18.3. The largest absolute Gasteiger partial charge is 0.471 e. The Morgan fingerprint density at radius 1 is 1.23 bits per heavy atom. The van der Waals surface area contributed by atoms with Gasteiger partial charge >= 0.3 is 6.09 Å². The number of nitriles is 1. The van der Waals surface area contributed by atoms with Gasteiger partial charge in [0.2, 0.25) is 0 Å². The summed E-state index contributed by atoms with van der Waals surface area (Å²) in [5, 5.41) is 16.7. The van der Waals surface area contributed by atoms with E-state index in [1.807, 2.05) is 0 Å². The first-order valence-corrected chi connectivity index (χ1v) is 11.1. The summed E-state index contributed by atoms with van der Waals surface area (Å²) in [5.41, 5.74) is -0.401. The van der Waals surface area contributed by atoms with Crippen LogP contribution >= 0.6 is 0 Å². The van der Waals surface area contributed by atoms with Crippen LogP contribution in [0.4, 0.5) is 19.3 Å². The smallest absolute Gasteiger partial charge is 0.414 e. The molecule has 35 heavy (non-hydrogen) atoms. The van der Waals surface area contributed by atoms with Crippen LogP contribution in [0.25, 0.3) is 11.3 Å². The van der Waals surface area contributed by atoms with Gasteiger partial charge in [0.25, 0.3) is 5.88 Å². The van der Waals surface area contributed by atoms with Crippen molar-refractivity contribution in [2.24, 2.45) is 11.8 Å². The number of carbonyl (C=O) groups excluding carboxylic acids is 1. The van der Waals surface area contributed by atoms with Crippen LogP contribution in [-0.2, 0) is 10.2 Å². The number of hydrogen-bond acceptors (Lipinski definition) is 8. The number of carbonyl (C=O) groups is 1. The number of nitrogens with zero attached hydrogens (tertiary/aromatic N) is 4. The number of nitrogens with one attached hydrogen (secondary N) is 1. The molecule has 4 atom stereocenters. The van der Waals surface area contributed by atoms with E-state index in [2.05, 4.69) is 26.0 Å². The summed E-state index contributed by atoms with van der Waals surface area (Å²) in [6.45, 7) is 1.49. The first-order chi connectivity index (χ1) is 17.0. The average molecular weight is 479 g/mol. The molecule has 0 spiro atoms. The predicted molar refractivity (Wildman–Crippen MR) is 116 cm³/mol. The third kappa shape index (κ3) is 3.40. The summed E-state index contributed by atoms with van der Waals surface area (Å²) in [7, 11) is 0. The van der Waals surface area contributed by atoms with Crippen molar-refractivity contribution >= 4 is 11.8 Å². The molecular weight excluding hydrogens is 460 g/mol. The normalized spacial score (nSPS) is 26.8. The number of amides is 1. The third-order valence-electron chi connectivity index (χ3n) is 6.93. The van der Waals surface area contributed by atoms with Gasteiger partial charge in [0.15, 0.2) is 6.10 Å². The minimum Gasteiger partial charge on any atom is -0.471 e. The lowest BCUT2D eigenvalue weighted by Crippen LogP contribution is -2.27. The van der Waals surface area contributed by atoms with Crippen molar-refractivity contribution in [2.75, 3.05) is 31.1 Å². The van der Waals surface area contributed by atoms with Gasteiger partial charge in [-0.15, -0.1) is 0 Å². The Balaban J connectivity index is 1.24. The van der Waals surface area contributed by atoms with Crippen molar-refractivity contribution in [3.63, 3.8) is 0 Å². The molecule has 1 aliphatic carbocycles. The fraction of sp³-hybridized carbons (Fsp3) is 0.333. The molecule has 2 saturated heterocycles. The molecule has 1 saturated carbocycles. The van der Waals surface area contributed by atoms with Gasteiger partial charge in [0.05, 0.1) is 35.3 Å². The number of ether oxygens (including phenoxy) is 2. The lowest BCUT2D eigenvalue weighted by Gasteiger charge is -2.16. The van der Waals surface area contributed by atoms with Crippen molar-refractivity contribution in [1.29, 1.82) is 5.26 Å². The molecule has 3 fully saturated rings. The lowest BCUT2D eigenvalue weighted by molar-refractivity contribution is 0.102. The minimum atomic E-state index is -0.872. The van der Waals surface area contributed by atoms with Crippen LogP contribution in [0.1, 0.15) is 5.69 Å². The van der Waals surface area contributed by atoms with E-state index >= 15 is 8.78 Å². The Morgan fingerprint density at radius 2 is 2.00 bits per heavy atom. The SMILES string of the molecule is N#CC1(c2cccc(-c3c(F)cc(N4C[C@H](COc5ccon5)OC4=O)cc3F)n2)[C@@H]2CNC[C@@H]21. The van der Waals surface area contributed by atoms with Crippen LogP contribution in [0.3, 0.4) is 0 Å². The molecule has 1 aromatic carbocycles. The quantitative estimate of drug-likeness (QED) is 0.574. The molecule has 0 bridgehead atoms. The second-order valence-corrected chi connectivity index (χ2v) is 8.81. The van der Waals surface area contributed by atoms with Crippen LogP contribution in [0, 0.1) is 34.8 Å². The number of benzene rings is 1. The minimum absolute atomic E-state index is 0.00663. The third-order valence-corrected chi connectivity index (χ3v) is 6.93. The first kappa shape index (κ1) is 21.5. The number of hydrogen-bond donors (Lipinski definition) is 1. The molecule has 2 aliphatic heterocycles. The van der Waals surface area contributed by atoms with Crippen molar-refractivity contribution in [3.8, 4) is 23.2 Å². The van der Waals surface area contributed by atoms with E-state index in [-0.39, 0.29) is 47.8 Å². The molecule has 1 N–H and O–H groups in total. The van der Waals surface area contributed by atoms with Crippen molar-refractivity contribution in [2.45, 2.75) is 11.5 Å². The number of anilines is 1. The maximum atomic E-state index is 15.2. The standard InChI is InChI=1S/C24H19F2N5O4/c25-17-6-13(31-10-14(35-23(31)32)11-33-21-4-5-34-30-21)7-18(26)22(17)19-2-1-3-20(29-19)24(12-27)15-8-28-9-16(15)24/h1-7,14-16,28H,8-11H2/t14-,15-,16+,24?/m1/s1. The Bertz CT molecular complexity index is 1310. The van der Waals surface area contributed by atoms with Gasteiger partial charge in [-0.25, -0.2) is 13.6 Å². The van der Waals surface area contributed by atoms with Gasteiger partial charge in [-0.1, -0.05) is 6.07 Å². The van der Waals surface area contributed by atoms with Gasteiger partial charge in [-0.3, -0.25) is 9.88 Å². The summed E-state index contributed by atoms with van der Waals surface area (Å²) < 4.78 is 45.7. The Morgan fingerprint density at radius 3 is 2.69 bits per heavy atom. The fourth-order valence-corrected chi connectivity index (χ4v) is 5.18. The monoisotopic (exact) mass is 479 g/mol. The molecule has 1 unspecified atom stereocenters. The summed E-state index contributed by atoms with van der Waals surface area (Å²) in [5.74, 6) is -1.21. The van der Waals surface area contributed by atoms with Gasteiger partial charge in [-0.2, -0.15) is 5.26 Å². The summed E-state index contributed by atoms with van der Waals surface area (Å²) in [6.07, 6.45) is -0.0542. The number of pyridine rings is 1. The van der Waals surface area contributed by atoms with E-state index in [1.54, 1.807) is 12.1 Å². The first-order valence-electron chi connectivity index (χ1n) is 11.1. The highest BCUT2D eigenvalue weighted by Crippen LogP contribution is 2.60. The zero-order valence-corrected chi connectivity index (χ0v) is 18.3. The second kappa shape index (κ2) is 8.02. The molecule has 11 heteroatoms. The topological polar surface area (TPSA) is 114 Å². The van der Waals surface area contributed by atoms with E-state index < -0.39 is 29.2 Å². The summed E-state index contributed by atoms with van der Waals surface area (Å²) in [4.78, 5) is 18.0. The Kier molecular flexibility index (Phi) is 4.93. The van der Waals surface area contributed by atoms with Crippen LogP contribution in [0.2, 0.25) is 0 Å². The van der Waals surface area contributed by atoms with Gasteiger partial charge < -0.3 is 19.3 Å². The fourth-order valence-electron chi connectivity index (χ4n) is 5.18. The molecule has 3 aromatic rings. The van der Waals surface area contributed by atoms with Crippen LogP contribution in [0.15, 0.2) is 47.2 Å². The molecule has 9 nitrogen and oxygen atoms in total. The zero-order chi connectivity index (χ0) is 24.2. The number of fused-ring (bicyclic) bond motifs is 1. The van der Waals surface area contributed by atoms with E-state index in [0.717, 1.165) is 30.1 Å². The van der Waals surface area contributed by atoms with Gasteiger partial charge in [0, 0.05) is 31.0 Å². The Labute approximate surface area is 198 Å². The highest BCUT2D eigenvalue weighted by Gasteiger charge is 2.69. The number of halogens is 2. The van der Waals surface area contributed by atoms with Crippen LogP contribution < -0.4 is 15.0 Å². The second-order valence-electron chi connectivity index (χ2n) is 8.81. The van der Waals surface area contributed by atoms with E-state index in [0.29, 0.717) is 5.69 Å². The molecular formula is C24H19F2N5O4. The van der Waals surface area contributed by atoms with Crippen molar-refractivity contribution in [3.05, 3.63) is 60.0 Å². The molecule has 2 aromatic heterocycles. The molecule has 1 amide bonds. The number of aromatic nitrogens is 2. The number of piperidine rings is 1. The highest BCUT2D eigenvalue weighted by atomic mass is 19.1. The van der Waals surface area contributed by atoms with E-state index in [1.165, 1.54) is 18.4 Å². The average Bonchev–Trinajstić information content (AvgIpc) is 3.38. The van der Waals surface area contributed by atoms with Gasteiger partial charge in [0.1, 0.15) is 29.9 Å². The van der Waals surface area contributed by atoms with Crippen LogP contribution in [0.5, 0.6) is 5.88 Å². The summed E-state index contributed by atoms with van der Waals surface area (Å²) in [6, 6.07) is 10.9. The maximum Gasteiger partial charge on any atom is 0.414 e. The highest BCUT2D eigenvalue weighted by molar-refractivity contribution is 5.90. The van der Waals surface area contributed by atoms with Gasteiger partial charge in [-0.05, 0) is 29.4 Å².